The quantitative estimate of drug-likeness (QED) is 0.528. The van der Waals surface area contributed by atoms with Gasteiger partial charge in [-0.25, -0.2) is 4.68 Å². The summed E-state index contributed by atoms with van der Waals surface area (Å²) < 4.78 is 42.3. The minimum atomic E-state index is -4.49. The van der Waals surface area contributed by atoms with Crippen molar-refractivity contribution in [1.29, 1.82) is 0 Å². The number of carbonyl (C=O) groups excluding carboxylic acids is 1. The third-order valence-electron chi connectivity index (χ3n) is 4.69. The number of halogens is 4. The highest BCUT2D eigenvalue weighted by Crippen LogP contribution is 2.46. The van der Waals surface area contributed by atoms with Gasteiger partial charge in [-0.3, -0.25) is 4.79 Å². The number of nitrogens with zero attached hydrogens (tertiary/aromatic N) is 2. The first kappa shape index (κ1) is 20.0. The first-order valence-corrected chi connectivity index (χ1v) is 10.5. The molecule has 5 nitrogen and oxygen atoms in total. The van der Waals surface area contributed by atoms with E-state index in [0.29, 0.717) is 0 Å². The minimum Gasteiger partial charge on any atom is -0.362 e. The van der Waals surface area contributed by atoms with Crippen molar-refractivity contribution < 1.29 is 18.0 Å². The number of benzene rings is 1. The summed E-state index contributed by atoms with van der Waals surface area (Å²) in [6.45, 7) is 0.252. The van der Waals surface area contributed by atoms with E-state index < -0.39 is 24.2 Å². The SMILES string of the molecule is O=C(NCc1ccccc1)c1nn2c(c1Br)N[C@H](c1cccs1)C[C@H]2C(F)(F)F. The van der Waals surface area contributed by atoms with Gasteiger partial charge in [0.15, 0.2) is 11.7 Å². The van der Waals surface area contributed by atoms with E-state index in [1.54, 1.807) is 12.1 Å². The number of rotatable bonds is 4. The van der Waals surface area contributed by atoms with Crippen LogP contribution in [0.25, 0.3) is 0 Å². The molecule has 1 aliphatic rings. The average molecular weight is 485 g/mol. The van der Waals surface area contributed by atoms with Crippen molar-refractivity contribution in [2.45, 2.75) is 31.2 Å². The van der Waals surface area contributed by atoms with E-state index in [2.05, 4.69) is 31.7 Å². The van der Waals surface area contributed by atoms with Crippen molar-refractivity contribution in [3.63, 3.8) is 0 Å². The second kappa shape index (κ2) is 7.83. The molecule has 1 aliphatic heterocycles. The zero-order valence-electron chi connectivity index (χ0n) is 14.9. The summed E-state index contributed by atoms with van der Waals surface area (Å²) in [7, 11) is 0. The molecule has 4 rings (SSSR count). The van der Waals surface area contributed by atoms with Crippen LogP contribution < -0.4 is 10.6 Å². The number of anilines is 1. The molecule has 1 aromatic carbocycles. The number of nitrogens with one attached hydrogen (secondary N) is 2. The van der Waals surface area contributed by atoms with Gasteiger partial charge in [-0.15, -0.1) is 11.3 Å². The number of thiophene rings is 1. The van der Waals surface area contributed by atoms with E-state index >= 15 is 0 Å². The number of alkyl halides is 3. The maximum Gasteiger partial charge on any atom is 0.410 e. The lowest BCUT2D eigenvalue weighted by Crippen LogP contribution is -2.35. The van der Waals surface area contributed by atoms with E-state index in [-0.39, 0.29) is 29.0 Å². The van der Waals surface area contributed by atoms with E-state index in [9.17, 15) is 18.0 Å². The largest absolute Gasteiger partial charge is 0.410 e. The smallest absolute Gasteiger partial charge is 0.362 e. The lowest BCUT2D eigenvalue weighted by Gasteiger charge is -2.33. The third kappa shape index (κ3) is 4.04. The molecule has 0 spiro atoms. The second-order valence-corrected chi connectivity index (χ2v) is 8.40. The summed E-state index contributed by atoms with van der Waals surface area (Å²) >= 11 is 4.67. The number of hydrogen-bond acceptors (Lipinski definition) is 4. The van der Waals surface area contributed by atoms with Gasteiger partial charge < -0.3 is 10.6 Å². The van der Waals surface area contributed by atoms with E-state index in [0.717, 1.165) is 15.1 Å². The fourth-order valence-corrected chi connectivity index (χ4v) is 4.62. The van der Waals surface area contributed by atoms with Crippen LogP contribution in [0, 0.1) is 0 Å². The van der Waals surface area contributed by atoms with Gasteiger partial charge in [0.25, 0.3) is 5.91 Å². The zero-order valence-corrected chi connectivity index (χ0v) is 17.3. The van der Waals surface area contributed by atoms with Crippen LogP contribution in [0.2, 0.25) is 0 Å². The Bertz CT molecular complexity index is 1000. The molecule has 0 bridgehead atoms. The first-order chi connectivity index (χ1) is 13.8. The standard InChI is InChI=1S/C19H16BrF3N4OS/c20-15-16(18(28)24-10-11-5-2-1-3-6-11)26-27-14(19(21,22)23)9-12(25-17(15)27)13-7-4-8-29-13/h1-8,12,14,25H,9-10H2,(H,24,28)/t12-,14-/m0/s1. The Balaban J connectivity index is 1.63. The zero-order chi connectivity index (χ0) is 20.6. The molecule has 0 fully saturated rings. The van der Waals surface area contributed by atoms with Crippen LogP contribution in [0.15, 0.2) is 52.3 Å². The molecule has 0 saturated carbocycles. The van der Waals surface area contributed by atoms with Gasteiger partial charge in [0.2, 0.25) is 0 Å². The predicted molar refractivity (Wildman–Crippen MR) is 108 cm³/mol. The maximum absolute atomic E-state index is 13.7. The molecule has 152 valence electrons. The number of aromatic nitrogens is 2. The van der Waals surface area contributed by atoms with Crippen LogP contribution in [-0.2, 0) is 6.54 Å². The van der Waals surface area contributed by atoms with Gasteiger partial charge in [0.1, 0.15) is 5.82 Å². The molecule has 2 atom stereocenters. The van der Waals surface area contributed by atoms with Crippen LogP contribution in [0.4, 0.5) is 19.0 Å². The van der Waals surface area contributed by atoms with Crippen molar-refractivity contribution in [1.82, 2.24) is 15.1 Å². The van der Waals surface area contributed by atoms with Crippen molar-refractivity contribution in [2.75, 3.05) is 5.32 Å². The molecular weight excluding hydrogens is 469 g/mol. The van der Waals surface area contributed by atoms with Crippen molar-refractivity contribution in [3.8, 4) is 0 Å². The van der Waals surface area contributed by atoms with Gasteiger partial charge in [-0.1, -0.05) is 36.4 Å². The Morgan fingerprint density at radius 2 is 2.03 bits per heavy atom. The number of hydrogen-bond donors (Lipinski definition) is 2. The summed E-state index contributed by atoms with van der Waals surface area (Å²) in [5.74, 6) is -0.389. The molecule has 0 saturated heterocycles. The summed E-state index contributed by atoms with van der Waals surface area (Å²) in [6.07, 6.45) is -4.69. The Kier molecular flexibility index (Phi) is 5.39. The molecule has 2 aromatic heterocycles. The fourth-order valence-electron chi connectivity index (χ4n) is 3.27. The average Bonchev–Trinajstić information content (AvgIpc) is 3.34. The molecule has 0 unspecified atom stereocenters. The highest BCUT2D eigenvalue weighted by molar-refractivity contribution is 9.10. The van der Waals surface area contributed by atoms with Gasteiger partial charge in [-0.05, 0) is 32.9 Å². The topological polar surface area (TPSA) is 59.0 Å². The molecule has 2 N–H and O–H groups in total. The Morgan fingerprint density at radius 3 is 2.69 bits per heavy atom. The normalized spacial score (nSPS) is 18.8. The van der Waals surface area contributed by atoms with Crippen LogP contribution in [0.5, 0.6) is 0 Å². The lowest BCUT2D eigenvalue weighted by molar-refractivity contribution is -0.173. The molecule has 3 heterocycles. The molecular formula is C19H16BrF3N4OS. The Morgan fingerprint density at radius 1 is 1.28 bits per heavy atom. The van der Waals surface area contributed by atoms with E-state index in [1.807, 2.05) is 35.7 Å². The summed E-state index contributed by atoms with van der Waals surface area (Å²) in [5, 5.41) is 11.6. The molecule has 1 amide bonds. The predicted octanol–water partition coefficient (Wildman–Crippen LogP) is 5.30. The van der Waals surface area contributed by atoms with Crippen molar-refractivity contribution in [3.05, 3.63) is 68.5 Å². The fraction of sp³-hybridized carbons (Fsp3) is 0.263. The third-order valence-corrected chi connectivity index (χ3v) is 6.43. The molecule has 29 heavy (non-hydrogen) atoms. The first-order valence-electron chi connectivity index (χ1n) is 8.81. The summed E-state index contributed by atoms with van der Waals surface area (Å²) in [5.41, 5.74) is 0.800. The van der Waals surface area contributed by atoms with E-state index in [4.69, 9.17) is 0 Å². The summed E-state index contributed by atoms with van der Waals surface area (Å²) in [4.78, 5) is 13.4. The highest BCUT2D eigenvalue weighted by atomic mass is 79.9. The Labute approximate surface area is 177 Å². The van der Waals surface area contributed by atoms with Crippen LogP contribution in [0.1, 0.15) is 39.4 Å². The highest BCUT2D eigenvalue weighted by Gasteiger charge is 2.47. The summed E-state index contributed by atoms with van der Waals surface area (Å²) in [6, 6.07) is 10.5. The monoisotopic (exact) mass is 484 g/mol. The number of fused-ring (bicyclic) bond motifs is 1. The van der Waals surface area contributed by atoms with Crippen LogP contribution in [0.3, 0.4) is 0 Å². The van der Waals surface area contributed by atoms with Crippen LogP contribution >= 0.6 is 27.3 Å². The maximum atomic E-state index is 13.7. The van der Waals surface area contributed by atoms with Crippen molar-refractivity contribution >= 4 is 39.0 Å². The van der Waals surface area contributed by atoms with Crippen LogP contribution in [-0.4, -0.2) is 21.9 Å². The molecule has 0 aliphatic carbocycles. The molecule has 10 heteroatoms. The van der Waals surface area contributed by atoms with Gasteiger partial charge in [-0.2, -0.15) is 18.3 Å². The second-order valence-electron chi connectivity index (χ2n) is 6.63. The molecule has 0 radical (unpaired) electrons. The van der Waals surface area contributed by atoms with Gasteiger partial charge in [0, 0.05) is 17.8 Å². The Hall–Kier alpha value is -2.33. The van der Waals surface area contributed by atoms with Gasteiger partial charge in [0.05, 0.1) is 10.5 Å². The van der Waals surface area contributed by atoms with Crippen molar-refractivity contribution in [2.24, 2.45) is 0 Å². The molecule has 3 aromatic rings. The number of carbonyl (C=O) groups is 1. The minimum absolute atomic E-state index is 0.0792. The van der Waals surface area contributed by atoms with Gasteiger partial charge >= 0.3 is 6.18 Å². The lowest BCUT2D eigenvalue weighted by atomic mass is 10.0. The van der Waals surface area contributed by atoms with E-state index in [1.165, 1.54) is 11.3 Å². The number of amides is 1.